The van der Waals surface area contributed by atoms with Gasteiger partial charge in [0.1, 0.15) is 0 Å². The summed E-state index contributed by atoms with van der Waals surface area (Å²) >= 11 is 0. The molecule has 3 nitrogen and oxygen atoms in total. The van der Waals surface area contributed by atoms with Gasteiger partial charge in [0.15, 0.2) is 0 Å². The number of carbonyl (C=O) groups is 1. The van der Waals surface area contributed by atoms with Crippen LogP contribution in [0.25, 0.3) is 0 Å². The second-order valence-corrected chi connectivity index (χ2v) is 4.37. The number of nitrogens with one attached hydrogen (secondary N) is 1. The SMILES string of the molecule is CCC(CN)C(=O)NCCc1ccc(C)cc1. The molecule has 1 amide bonds. The molecule has 0 radical (unpaired) electrons. The zero-order valence-electron chi connectivity index (χ0n) is 10.7. The molecule has 1 aromatic rings. The Morgan fingerprint density at radius 2 is 2.00 bits per heavy atom. The van der Waals surface area contributed by atoms with Crippen LogP contribution in [-0.2, 0) is 11.2 Å². The summed E-state index contributed by atoms with van der Waals surface area (Å²) in [6, 6.07) is 8.38. The first kappa shape index (κ1) is 13.7. The van der Waals surface area contributed by atoms with Gasteiger partial charge in [-0.05, 0) is 25.3 Å². The number of aryl methyl sites for hydroxylation is 1. The zero-order valence-corrected chi connectivity index (χ0v) is 10.7. The zero-order chi connectivity index (χ0) is 12.7. The summed E-state index contributed by atoms with van der Waals surface area (Å²) in [5.41, 5.74) is 8.03. The molecule has 17 heavy (non-hydrogen) atoms. The highest BCUT2D eigenvalue weighted by atomic mass is 16.1. The lowest BCUT2D eigenvalue weighted by molar-refractivity contribution is -0.124. The number of carbonyl (C=O) groups excluding carboxylic acids is 1. The minimum absolute atomic E-state index is 0.0481. The Labute approximate surface area is 103 Å². The summed E-state index contributed by atoms with van der Waals surface area (Å²) in [4.78, 5) is 11.7. The van der Waals surface area contributed by atoms with E-state index in [1.54, 1.807) is 0 Å². The Morgan fingerprint density at radius 3 is 2.53 bits per heavy atom. The third-order valence-corrected chi connectivity index (χ3v) is 2.98. The summed E-state index contributed by atoms with van der Waals surface area (Å²) in [7, 11) is 0. The predicted molar refractivity (Wildman–Crippen MR) is 70.7 cm³/mol. The van der Waals surface area contributed by atoms with Gasteiger partial charge in [-0.1, -0.05) is 36.8 Å². The maximum atomic E-state index is 11.7. The molecule has 0 heterocycles. The van der Waals surface area contributed by atoms with Crippen LogP contribution in [0.2, 0.25) is 0 Å². The molecule has 3 N–H and O–H groups in total. The van der Waals surface area contributed by atoms with E-state index in [1.165, 1.54) is 11.1 Å². The van der Waals surface area contributed by atoms with Crippen LogP contribution in [0.5, 0.6) is 0 Å². The second kappa shape index (κ2) is 7.07. The van der Waals surface area contributed by atoms with Gasteiger partial charge in [0, 0.05) is 19.0 Å². The van der Waals surface area contributed by atoms with Crippen molar-refractivity contribution in [1.82, 2.24) is 5.32 Å². The fourth-order valence-corrected chi connectivity index (χ4v) is 1.69. The highest BCUT2D eigenvalue weighted by Gasteiger charge is 2.13. The largest absolute Gasteiger partial charge is 0.355 e. The van der Waals surface area contributed by atoms with E-state index in [0.717, 1.165) is 12.8 Å². The summed E-state index contributed by atoms with van der Waals surface area (Å²) < 4.78 is 0. The Morgan fingerprint density at radius 1 is 1.35 bits per heavy atom. The minimum Gasteiger partial charge on any atom is -0.355 e. The third-order valence-electron chi connectivity index (χ3n) is 2.98. The van der Waals surface area contributed by atoms with E-state index in [-0.39, 0.29) is 11.8 Å². The number of rotatable bonds is 6. The van der Waals surface area contributed by atoms with Crippen molar-refractivity contribution in [2.45, 2.75) is 26.7 Å². The van der Waals surface area contributed by atoms with E-state index < -0.39 is 0 Å². The van der Waals surface area contributed by atoms with Crippen LogP contribution < -0.4 is 11.1 Å². The molecule has 0 saturated carbocycles. The Balaban J connectivity index is 2.32. The van der Waals surface area contributed by atoms with Crippen LogP contribution in [0.4, 0.5) is 0 Å². The molecule has 94 valence electrons. The molecule has 0 bridgehead atoms. The van der Waals surface area contributed by atoms with Gasteiger partial charge in [0.05, 0.1) is 0 Å². The molecule has 1 unspecified atom stereocenters. The fraction of sp³-hybridized carbons (Fsp3) is 0.500. The van der Waals surface area contributed by atoms with Gasteiger partial charge in [0.25, 0.3) is 0 Å². The molecule has 1 rings (SSSR count). The van der Waals surface area contributed by atoms with Gasteiger partial charge in [-0.25, -0.2) is 0 Å². The monoisotopic (exact) mass is 234 g/mol. The lowest BCUT2D eigenvalue weighted by Gasteiger charge is -2.12. The molecule has 0 saturated heterocycles. The van der Waals surface area contributed by atoms with E-state index in [1.807, 2.05) is 6.92 Å². The van der Waals surface area contributed by atoms with Crippen molar-refractivity contribution in [3.05, 3.63) is 35.4 Å². The standard InChI is InChI=1S/C14H22N2O/c1-3-13(10-15)14(17)16-9-8-12-6-4-11(2)5-7-12/h4-7,13H,3,8-10,15H2,1-2H3,(H,16,17). The Hall–Kier alpha value is -1.35. The van der Waals surface area contributed by atoms with Crippen molar-refractivity contribution in [3.63, 3.8) is 0 Å². The highest BCUT2D eigenvalue weighted by Crippen LogP contribution is 2.04. The van der Waals surface area contributed by atoms with Crippen LogP contribution >= 0.6 is 0 Å². The highest BCUT2D eigenvalue weighted by molar-refractivity contribution is 5.78. The van der Waals surface area contributed by atoms with E-state index >= 15 is 0 Å². The lowest BCUT2D eigenvalue weighted by atomic mass is 10.1. The Bertz CT molecular complexity index is 342. The summed E-state index contributed by atoms with van der Waals surface area (Å²) in [6.07, 6.45) is 1.67. The lowest BCUT2D eigenvalue weighted by Crippen LogP contribution is -2.35. The van der Waals surface area contributed by atoms with Crippen molar-refractivity contribution in [1.29, 1.82) is 0 Å². The smallest absolute Gasteiger partial charge is 0.224 e. The van der Waals surface area contributed by atoms with Crippen LogP contribution in [0.15, 0.2) is 24.3 Å². The number of amides is 1. The number of benzene rings is 1. The van der Waals surface area contributed by atoms with Crippen molar-refractivity contribution in [2.75, 3.05) is 13.1 Å². The van der Waals surface area contributed by atoms with Gasteiger partial charge in [0.2, 0.25) is 5.91 Å². The van der Waals surface area contributed by atoms with Crippen LogP contribution in [0.1, 0.15) is 24.5 Å². The van der Waals surface area contributed by atoms with Crippen molar-refractivity contribution < 1.29 is 4.79 Å². The summed E-state index contributed by atoms with van der Waals surface area (Å²) in [6.45, 7) is 5.15. The van der Waals surface area contributed by atoms with E-state index in [0.29, 0.717) is 13.1 Å². The molecular weight excluding hydrogens is 212 g/mol. The van der Waals surface area contributed by atoms with Gasteiger partial charge < -0.3 is 11.1 Å². The molecule has 0 aliphatic carbocycles. The first-order chi connectivity index (χ1) is 8.17. The van der Waals surface area contributed by atoms with Crippen LogP contribution in [0, 0.1) is 12.8 Å². The maximum Gasteiger partial charge on any atom is 0.224 e. The molecule has 0 fully saturated rings. The Kier molecular flexibility index (Phi) is 5.70. The molecule has 0 aromatic heterocycles. The molecule has 0 aliphatic rings. The molecule has 1 aromatic carbocycles. The van der Waals surface area contributed by atoms with Crippen LogP contribution in [-0.4, -0.2) is 19.0 Å². The molecular formula is C14H22N2O. The minimum atomic E-state index is -0.0481. The first-order valence-corrected chi connectivity index (χ1v) is 6.20. The van der Waals surface area contributed by atoms with E-state index in [2.05, 4.69) is 36.5 Å². The van der Waals surface area contributed by atoms with Gasteiger partial charge in [-0.2, -0.15) is 0 Å². The van der Waals surface area contributed by atoms with Crippen molar-refractivity contribution in [2.24, 2.45) is 11.7 Å². The number of hydrogen-bond acceptors (Lipinski definition) is 2. The van der Waals surface area contributed by atoms with Crippen LogP contribution in [0.3, 0.4) is 0 Å². The van der Waals surface area contributed by atoms with Gasteiger partial charge in [-0.15, -0.1) is 0 Å². The third kappa shape index (κ3) is 4.57. The average molecular weight is 234 g/mol. The summed E-state index contributed by atoms with van der Waals surface area (Å²) in [5, 5.41) is 2.93. The van der Waals surface area contributed by atoms with E-state index in [4.69, 9.17) is 5.73 Å². The molecule has 0 spiro atoms. The average Bonchev–Trinajstić information content (AvgIpc) is 2.33. The predicted octanol–water partition coefficient (Wildman–Crippen LogP) is 1.64. The maximum absolute atomic E-state index is 11.7. The molecule has 1 atom stereocenters. The number of hydrogen-bond donors (Lipinski definition) is 2. The fourth-order valence-electron chi connectivity index (χ4n) is 1.69. The first-order valence-electron chi connectivity index (χ1n) is 6.20. The molecule has 0 aliphatic heterocycles. The number of nitrogens with two attached hydrogens (primary N) is 1. The molecule has 3 heteroatoms. The van der Waals surface area contributed by atoms with Crippen molar-refractivity contribution >= 4 is 5.91 Å². The second-order valence-electron chi connectivity index (χ2n) is 4.37. The van der Waals surface area contributed by atoms with Crippen molar-refractivity contribution in [3.8, 4) is 0 Å². The quantitative estimate of drug-likeness (QED) is 0.786. The van der Waals surface area contributed by atoms with E-state index in [9.17, 15) is 4.79 Å². The normalized spacial score (nSPS) is 12.2. The van der Waals surface area contributed by atoms with Gasteiger partial charge >= 0.3 is 0 Å². The topological polar surface area (TPSA) is 55.1 Å². The van der Waals surface area contributed by atoms with Gasteiger partial charge in [-0.3, -0.25) is 4.79 Å². The summed E-state index contributed by atoms with van der Waals surface area (Å²) in [5.74, 6) is 0.0233.